The molecule has 3 rings (SSSR count). The van der Waals surface area contributed by atoms with Crippen LogP contribution in [0.2, 0.25) is 0 Å². The van der Waals surface area contributed by atoms with Gasteiger partial charge >= 0.3 is 0 Å². The highest BCUT2D eigenvalue weighted by Gasteiger charge is 2.17. The number of benzene rings is 2. The molecule has 0 aliphatic carbocycles. The van der Waals surface area contributed by atoms with Gasteiger partial charge < -0.3 is 19.9 Å². The van der Waals surface area contributed by atoms with Crippen LogP contribution in [0.4, 0.5) is 11.4 Å². The second-order valence-corrected chi connectivity index (χ2v) is 8.32. The summed E-state index contributed by atoms with van der Waals surface area (Å²) in [5.41, 5.74) is 3.36. The van der Waals surface area contributed by atoms with Crippen LogP contribution in [-0.2, 0) is 22.6 Å². The molecule has 9 heteroatoms. The minimum absolute atomic E-state index is 0.0580. The molecule has 33 heavy (non-hydrogen) atoms. The molecule has 2 amide bonds. The van der Waals surface area contributed by atoms with Crippen molar-refractivity contribution in [3.05, 3.63) is 72.1 Å². The number of nitrogens with zero attached hydrogens (tertiary/aromatic N) is 3. The van der Waals surface area contributed by atoms with Crippen LogP contribution in [0.1, 0.15) is 17.0 Å². The molecule has 0 bridgehead atoms. The van der Waals surface area contributed by atoms with Crippen molar-refractivity contribution in [3.8, 4) is 5.75 Å². The Morgan fingerprint density at radius 2 is 1.85 bits per heavy atom. The van der Waals surface area contributed by atoms with Gasteiger partial charge in [0.05, 0.1) is 25.0 Å². The molecule has 0 radical (unpaired) electrons. The lowest BCUT2D eigenvalue weighted by atomic mass is 10.2. The first-order valence-corrected chi connectivity index (χ1v) is 11.4. The van der Waals surface area contributed by atoms with Crippen LogP contribution in [-0.4, -0.2) is 39.4 Å². The molecular weight excluding hydrogens is 438 g/mol. The van der Waals surface area contributed by atoms with E-state index < -0.39 is 0 Å². The Kier molecular flexibility index (Phi) is 8.26. The van der Waals surface area contributed by atoms with Gasteiger partial charge in [-0.25, -0.2) is 0 Å². The molecule has 0 aliphatic rings. The highest BCUT2D eigenvalue weighted by atomic mass is 32.2. The molecule has 8 nitrogen and oxygen atoms in total. The number of aryl methyl sites for hydroxylation is 2. The van der Waals surface area contributed by atoms with E-state index in [1.165, 1.54) is 11.8 Å². The van der Waals surface area contributed by atoms with Gasteiger partial charge in [0.1, 0.15) is 11.6 Å². The maximum atomic E-state index is 12.6. The number of rotatable bonds is 10. The number of hydrogen-bond acceptors (Lipinski definition) is 6. The number of anilines is 2. The van der Waals surface area contributed by atoms with E-state index in [9.17, 15) is 9.59 Å². The van der Waals surface area contributed by atoms with Gasteiger partial charge in [0.25, 0.3) is 0 Å². The first kappa shape index (κ1) is 24.1. The lowest BCUT2D eigenvalue weighted by Crippen LogP contribution is -2.18. The predicted octanol–water partition coefficient (Wildman–Crippen LogP) is 4.00. The van der Waals surface area contributed by atoms with E-state index in [4.69, 9.17) is 4.74 Å². The smallest absolute Gasteiger partial charge is 0.234 e. The number of hydrogen-bond donors (Lipinski definition) is 2. The molecule has 0 fully saturated rings. The Balaban J connectivity index is 1.65. The topological polar surface area (TPSA) is 98.1 Å². The van der Waals surface area contributed by atoms with Crippen molar-refractivity contribution in [3.63, 3.8) is 0 Å². The summed E-state index contributed by atoms with van der Waals surface area (Å²) in [5, 5.41) is 14.7. The summed E-state index contributed by atoms with van der Waals surface area (Å²) < 4.78 is 7.10. The van der Waals surface area contributed by atoms with Gasteiger partial charge in [-0.05, 0) is 43.2 Å². The molecular formula is C24H27N5O3S. The number of ether oxygens (including phenoxy) is 1. The summed E-state index contributed by atoms with van der Waals surface area (Å²) in [4.78, 5) is 25.1. The standard InChI is InChI=1S/C24H27N5O3S/c1-5-12-29-21(14-22(30)25-18-9-7-6-8-17(18)3)27-28-24(29)33-15-23(31)26-19-13-16(2)10-11-20(19)32-4/h5-11,13H,1,12,14-15H2,2-4H3,(H,25,30)(H,26,31). The molecule has 0 unspecified atom stereocenters. The van der Waals surface area contributed by atoms with Gasteiger partial charge in [0, 0.05) is 12.2 Å². The van der Waals surface area contributed by atoms with Gasteiger partial charge in [0.15, 0.2) is 5.16 Å². The van der Waals surface area contributed by atoms with Crippen LogP contribution >= 0.6 is 11.8 Å². The molecule has 172 valence electrons. The van der Waals surface area contributed by atoms with Crippen LogP contribution in [0.5, 0.6) is 5.75 Å². The average Bonchev–Trinajstić information content (AvgIpc) is 3.15. The lowest BCUT2D eigenvalue weighted by Gasteiger charge is -2.11. The van der Waals surface area contributed by atoms with Crippen LogP contribution in [0.15, 0.2) is 60.3 Å². The fraction of sp³-hybridized carbons (Fsp3) is 0.250. The molecule has 0 aliphatic heterocycles. The number of aromatic nitrogens is 3. The molecule has 0 atom stereocenters. The minimum atomic E-state index is -0.198. The van der Waals surface area contributed by atoms with E-state index in [0.717, 1.165) is 16.8 Å². The molecule has 3 aromatic rings. The Morgan fingerprint density at radius 3 is 2.58 bits per heavy atom. The van der Waals surface area contributed by atoms with Crippen molar-refractivity contribution >= 4 is 35.0 Å². The number of methoxy groups -OCH3 is 1. The summed E-state index contributed by atoms with van der Waals surface area (Å²) in [6.45, 7) is 8.08. The van der Waals surface area contributed by atoms with Gasteiger partial charge in [0.2, 0.25) is 11.8 Å². The van der Waals surface area contributed by atoms with Crippen LogP contribution in [0, 0.1) is 13.8 Å². The van der Waals surface area contributed by atoms with E-state index in [-0.39, 0.29) is 24.0 Å². The number of thioether (sulfide) groups is 1. The monoisotopic (exact) mass is 465 g/mol. The first-order chi connectivity index (χ1) is 15.9. The number of allylic oxidation sites excluding steroid dienone is 1. The molecule has 2 N–H and O–H groups in total. The van der Waals surface area contributed by atoms with E-state index in [0.29, 0.717) is 29.0 Å². The maximum Gasteiger partial charge on any atom is 0.234 e. The number of carbonyl (C=O) groups excluding carboxylic acids is 2. The summed E-state index contributed by atoms with van der Waals surface area (Å²) in [6.07, 6.45) is 1.76. The molecule has 0 saturated carbocycles. The van der Waals surface area contributed by atoms with E-state index in [1.54, 1.807) is 17.8 Å². The number of amides is 2. The molecule has 0 spiro atoms. The van der Waals surface area contributed by atoms with Crippen molar-refractivity contribution in [2.24, 2.45) is 0 Å². The number of nitrogens with one attached hydrogen (secondary N) is 2. The second kappa shape index (κ2) is 11.3. The third kappa shape index (κ3) is 6.45. The zero-order valence-corrected chi connectivity index (χ0v) is 19.7. The number of para-hydroxylation sites is 1. The fourth-order valence-corrected chi connectivity index (χ4v) is 3.92. The first-order valence-electron chi connectivity index (χ1n) is 10.4. The number of carbonyl (C=O) groups is 2. The van der Waals surface area contributed by atoms with Crippen molar-refractivity contribution in [2.45, 2.75) is 32.0 Å². The van der Waals surface area contributed by atoms with Gasteiger partial charge in [-0.15, -0.1) is 16.8 Å². The Bertz CT molecular complexity index is 1160. The summed E-state index contributed by atoms with van der Waals surface area (Å²) in [6, 6.07) is 13.2. The van der Waals surface area contributed by atoms with E-state index in [1.807, 2.05) is 56.3 Å². The van der Waals surface area contributed by atoms with E-state index in [2.05, 4.69) is 27.4 Å². The quantitative estimate of drug-likeness (QED) is 0.347. The summed E-state index contributed by atoms with van der Waals surface area (Å²) in [7, 11) is 1.56. The lowest BCUT2D eigenvalue weighted by molar-refractivity contribution is -0.116. The minimum Gasteiger partial charge on any atom is -0.495 e. The molecule has 1 aromatic heterocycles. The highest BCUT2D eigenvalue weighted by molar-refractivity contribution is 7.99. The summed E-state index contributed by atoms with van der Waals surface area (Å²) >= 11 is 1.24. The van der Waals surface area contributed by atoms with Crippen LogP contribution in [0.3, 0.4) is 0 Å². The largest absolute Gasteiger partial charge is 0.495 e. The van der Waals surface area contributed by atoms with Crippen molar-refractivity contribution < 1.29 is 14.3 Å². The maximum absolute atomic E-state index is 12.6. The fourth-order valence-electron chi connectivity index (χ4n) is 3.16. The summed E-state index contributed by atoms with van der Waals surface area (Å²) in [5.74, 6) is 0.834. The SMILES string of the molecule is C=CCn1c(CC(=O)Nc2ccccc2C)nnc1SCC(=O)Nc1cc(C)ccc1OC. The van der Waals surface area contributed by atoms with Gasteiger partial charge in [-0.3, -0.25) is 9.59 Å². The zero-order valence-electron chi connectivity index (χ0n) is 18.9. The van der Waals surface area contributed by atoms with Gasteiger partial charge in [-0.1, -0.05) is 42.1 Å². The van der Waals surface area contributed by atoms with Crippen LogP contribution < -0.4 is 15.4 Å². The third-order valence-corrected chi connectivity index (χ3v) is 5.77. The zero-order chi connectivity index (χ0) is 23.8. The van der Waals surface area contributed by atoms with E-state index >= 15 is 0 Å². The Morgan fingerprint density at radius 1 is 1.09 bits per heavy atom. The predicted molar refractivity (Wildman–Crippen MR) is 131 cm³/mol. The molecule has 0 saturated heterocycles. The van der Waals surface area contributed by atoms with Crippen molar-refractivity contribution in [1.82, 2.24) is 14.8 Å². The second-order valence-electron chi connectivity index (χ2n) is 7.38. The normalized spacial score (nSPS) is 10.5. The Labute approximate surface area is 197 Å². The van der Waals surface area contributed by atoms with Crippen molar-refractivity contribution in [2.75, 3.05) is 23.5 Å². The third-order valence-electron chi connectivity index (χ3n) is 4.80. The van der Waals surface area contributed by atoms with Gasteiger partial charge in [-0.2, -0.15) is 0 Å². The average molecular weight is 466 g/mol. The molecule has 1 heterocycles. The van der Waals surface area contributed by atoms with Crippen molar-refractivity contribution in [1.29, 1.82) is 0 Å². The van der Waals surface area contributed by atoms with Crippen LogP contribution in [0.25, 0.3) is 0 Å². The highest BCUT2D eigenvalue weighted by Crippen LogP contribution is 2.26. The molecule has 2 aromatic carbocycles. The Hall–Kier alpha value is -3.59.